The molecule has 1 unspecified atom stereocenters. The topological polar surface area (TPSA) is 38.3 Å². The Morgan fingerprint density at radius 2 is 1.90 bits per heavy atom. The number of nitrogens with one attached hydrogen (secondary N) is 1. The van der Waals surface area contributed by atoms with Gasteiger partial charge in [-0.1, -0.05) is 56.5 Å². The molecule has 21 heavy (non-hydrogen) atoms. The summed E-state index contributed by atoms with van der Waals surface area (Å²) in [5.41, 5.74) is 1.23. The summed E-state index contributed by atoms with van der Waals surface area (Å²) in [4.78, 5) is 12.0. The third-order valence-corrected chi connectivity index (χ3v) is 4.42. The molecular formula is C18H27NO2. The Bertz CT molecular complexity index is 438. The summed E-state index contributed by atoms with van der Waals surface area (Å²) in [6.07, 6.45) is 6.33. The van der Waals surface area contributed by atoms with Crippen LogP contribution in [0.15, 0.2) is 30.3 Å². The smallest absolute Gasteiger partial charge is 0.310 e. The number of hydrogen-bond donors (Lipinski definition) is 1. The molecule has 0 saturated heterocycles. The lowest BCUT2D eigenvalue weighted by Gasteiger charge is -2.35. The van der Waals surface area contributed by atoms with Gasteiger partial charge >= 0.3 is 5.97 Å². The number of carbonyl (C=O) groups is 1. The van der Waals surface area contributed by atoms with Crippen molar-refractivity contribution in [2.24, 2.45) is 5.92 Å². The zero-order chi connectivity index (χ0) is 15.1. The minimum absolute atomic E-state index is 0.104. The zero-order valence-electron chi connectivity index (χ0n) is 13.2. The summed E-state index contributed by atoms with van der Waals surface area (Å²) in [6, 6.07) is 9.82. The molecule has 1 aromatic carbocycles. The van der Waals surface area contributed by atoms with Gasteiger partial charge in [0.05, 0.1) is 5.92 Å². The maximum atomic E-state index is 12.0. The molecule has 2 rings (SSSR count). The van der Waals surface area contributed by atoms with Crippen LogP contribution in [0.2, 0.25) is 0 Å². The normalized spacial score (nSPS) is 19.0. The highest BCUT2D eigenvalue weighted by molar-refractivity contribution is 5.72. The quantitative estimate of drug-likeness (QED) is 0.812. The van der Waals surface area contributed by atoms with E-state index in [2.05, 4.69) is 12.2 Å². The molecule has 3 nitrogen and oxygen atoms in total. The van der Waals surface area contributed by atoms with Gasteiger partial charge in [0, 0.05) is 12.1 Å². The lowest BCUT2D eigenvalue weighted by molar-refractivity contribution is -0.149. The van der Waals surface area contributed by atoms with Gasteiger partial charge in [-0.05, 0) is 25.3 Å². The Labute approximate surface area is 128 Å². The predicted octanol–water partition coefficient (Wildman–Crippen LogP) is 3.68. The average Bonchev–Trinajstić information content (AvgIpc) is 2.52. The van der Waals surface area contributed by atoms with Gasteiger partial charge in [0.25, 0.3) is 0 Å². The van der Waals surface area contributed by atoms with Crippen molar-refractivity contribution in [1.29, 1.82) is 0 Å². The molecule has 1 fully saturated rings. The van der Waals surface area contributed by atoms with Crippen LogP contribution in [0.1, 0.15) is 51.5 Å². The summed E-state index contributed by atoms with van der Waals surface area (Å²) >= 11 is 0. The second-order valence-corrected chi connectivity index (χ2v) is 6.50. The van der Waals surface area contributed by atoms with Crippen molar-refractivity contribution >= 4 is 5.97 Å². The molecule has 0 aliphatic heterocycles. The van der Waals surface area contributed by atoms with E-state index < -0.39 is 0 Å². The molecule has 0 heterocycles. The summed E-state index contributed by atoms with van der Waals surface area (Å²) < 4.78 is 5.38. The lowest BCUT2D eigenvalue weighted by Crippen LogP contribution is -2.46. The first-order valence-corrected chi connectivity index (χ1v) is 8.05. The van der Waals surface area contributed by atoms with E-state index in [1.165, 1.54) is 32.1 Å². The Morgan fingerprint density at radius 1 is 1.24 bits per heavy atom. The van der Waals surface area contributed by atoms with Crippen LogP contribution in [-0.2, 0) is 16.1 Å². The molecule has 1 saturated carbocycles. The fourth-order valence-corrected chi connectivity index (χ4v) is 2.86. The van der Waals surface area contributed by atoms with Crippen LogP contribution in [0.25, 0.3) is 0 Å². The van der Waals surface area contributed by atoms with E-state index in [4.69, 9.17) is 4.74 Å². The first-order chi connectivity index (χ1) is 10.1. The van der Waals surface area contributed by atoms with E-state index in [0.717, 1.165) is 5.56 Å². The lowest BCUT2D eigenvalue weighted by atomic mass is 9.83. The van der Waals surface area contributed by atoms with Crippen LogP contribution in [-0.4, -0.2) is 18.1 Å². The average molecular weight is 289 g/mol. The molecule has 1 aliphatic carbocycles. The van der Waals surface area contributed by atoms with E-state index in [1.54, 1.807) is 0 Å². The SMILES string of the molecule is CC(CNC1(C)CCCCC1)C(=O)OCc1ccccc1. The highest BCUT2D eigenvalue weighted by Gasteiger charge is 2.27. The Morgan fingerprint density at radius 3 is 2.57 bits per heavy atom. The third-order valence-electron chi connectivity index (χ3n) is 4.42. The maximum Gasteiger partial charge on any atom is 0.310 e. The fourth-order valence-electron chi connectivity index (χ4n) is 2.86. The van der Waals surface area contributed by atoms with E-state index in [9.17, 15) is 4.79 Å². The van der Waals surface area contributed by atoms with E-state index >= 15 is 0 Å². The molecule has 1 N–H and O–H groups in total. The molecule has 0 amide bonds. The van der Waals surface area contributed by atoms with Crippen LogP contribution in [0, 0.1) is 5.92 Å². The van der Waals surface area contributed by atoms with Crippen molar-refractivity contribution < 1.29 is 9.53 Å². The van der Waals surface area contributed by atoms with Crippen LogP contribution < -0.4 is 5.32 Å². The number of hydrogen-bond acceptors (Lipinski definition) is 3. The molecule has 1 aromatic rings. The standard InChI is InChI=1S/C18H27NO2/c1-15(13-19-18(2)11-7-4-8-12-18)17(20)21-14-16-9-5-3-6-10-16/h3,5-6,9-10,15,19H,4,7-8,11-14H2,1-2H3. The van der Waals surface area contributed by atoms with Crippen molar-refractivity contribution in [2.45, 2.75) is 58.1 Å². The predicted molar refractivity (Wildman–Crippen MR) is 84.9 cm³/mol. The monoisotopic (exact) mass is 289 g/mol. The Kier molecular flexibility index (Phi) is 5.80. The minimum atomic E-state index is -0.120. The van der Waals surface area contributed by atoms with Gasteiger partial charge in [0.15, 0.2) is 0 Å². The summed E-state index contributed by atoms with van der Waals surface area (Å²) in [5.74, 6) is -0.224. The zero-order valence-corrected chi connectivity index (χ0v) is 13.2. The number of esters is 1. The van der Waals surface area contributed by atoms with Gasteiger partial charge in [-0.2, -0.15) is 0 Å². The van der Waals surface area contributed by atoms with Crippen LogP contribution in [0.4, 0.5) is 0 Å². The maximum absolute atomic E-state index is 12.0. The van der Waals surface area contributed by atoms with E-state index in [0.29, 0.717) is 13.2 Å². The van der Waals surface area contributed by atoms with Gasteiger partial charge in [0.2, 0.25) is 0 Å². The molecule has 0 aromatic heterocycles. The summed E-state index contributed by atoms with van der Waals surface area (Å²) in [6.45, 7) is 5.27. The molecule has 0 spiro atoms. The Balaban J connectivity index is 1.72. The van der Waals surface area contributed by atoms with Crippen molar-refractivity contribution in [3.05, 3.63) is 35.9 Å². The largest absolute Gasteiger partial charge is 0.461 e. The summed E-state index contributed by atoms with van der Waals surface area (Å²) in [5, 5.41) is 3.58. The van der Waals surface area contributed by atoms with Gasteiger partial charge in [-0.25, -0.2) is 0 Å². The highest BCUT2D eigenvalue weighted by Crippen LogP contribution is 2.27. The second-order valence-electron chi connectivity index (χ2n) is 6.50. The van der Waals surface area contributed by atoms with Crippen LogP contribution in [0.3, 0.4) is 0 Å². The van der Waals surface area contributed by atoms with Crippen molar-refractivity contribution in [2.75, 3.05) is 6.54 Å². The Hall–Kier alpha value is -1.35. The first kappa shape index (κ1) is 16.0. The molecule has 0 radical (unpaired) electrons. The molecule has 116 valence electrons. The number of benzene rings is 1. The minimum Gasteiger partial charge on any atom is -0.461 e. The number of carbonyl (C=O) groups excluding carboxylic acids is 1. The second kappa shape index (κ2) is 7.60. The third kappa shape index (κ3) is 5.16. The molecule has 0 bridgehead atoms. The van der Waals surface area contributed by atoms with E-state index in [-0.39, 0.29) is 17.4 Å². The first-order valence-electron chi connectivity index (χ1n) is 8.05. The van der Waals surface area contributed by atoms with Crippen LogP contribution >= 0.6 is 0 Å². The molecule has 3 heteroatoms. The molecule has 1 aliphatic rings. The van der Waals surface area contributed by atoms with Gasteiger partial charge in [-0.15, -0.1) is 0 Å². The van der Waals surface area contributed by atoms with Crippen molar-refractivity contribution in [3.8, 4) is 0 Å². The molecular weight excluding hydrogens is 262 g/mol. The van der Waals surface area contributed by atoms with Gasteiger partial charge in [-0.3, -0.25) is 4.79 Å². The molecule has 1 atom stereocenters. The number of rotatable bonds is 6. The van der Waals surface area contributed by atoms with Crippen molar-refractivity contribution in [1.82, 2.24) is 5.32 Å². The summed E-state index contributed by atoms with van der Waals surface area (Å²) in [7, 11) is 0. The fraction of sp³-hybridized carbons (Fsp3) is 0.611. The van der Waals surface area contributed by atoms with Crippen LogP contribution in [0.5, 0.6) is 0 Å². The van der Waals surface area contributed by atoms with Gasteiger partial charge in [0.1, 0.15) is 6.61 Å². The van der Waals surface area contributed by atoms with Crippen molar-refractivity contribution in [3.63, 3.8) is 0 Å². The highest BCUT2D eigenvalue weighted by atomic mass is 16.5. The van der Waals surface area contributed by atoms with E-state index in [1.807, 2.05) is 37.3 Å². The number of ether oxygens (including phenoxy) is 1. The van der Waals surface area contributed by atoms with Gasteiger partial charge < -0.3 is 10.1 Å².